The maximum atomic E-state index is 13.4. The molecule has 2 aromatic carbocycles. The zero-order chi connectivity index (χ0) is 13.8. The van der Waals surface area contributed by atoms with Crippen LogP contribution in [0.2, 0.25) is 0 Å². The maximum Gasteiger partial charge on any atom is 0.0784 e. The summed E-state index contributed by atoms with van der Waals surface area (Å²) in [5, 5.41) is 0.126. The molecule has 0 aromatic heterocycles. The van der Waals surface area contributed by atoms with Crippen LogP contribution < -0.4 is 0 Å². The van der Waals surface area contributed by atoms with E-state index in [2.05, 4.69) is 16.5 Å². The lowest BCUT2D eigenvalue weighted by atomic mass is 10.1. The Morgan fingerprint density at radius 2 is 1.65 bits per heavy atom. The fourth-order valence-corrected chi connectivity index (χ4v) is 5.36. The van der Waals surface area contributed by atoms with Crippen LogP contribution in [0.4, 0.5) is 0 Å². The summed E-state index contributed by atoms with van der Waals surface area (Å²) in [6.45, 7) is 0.721. The van der Waals surface area contributed by atoms with Crippen LogP contribution in [0.3, 0.4) is 0 Å². The molecule has 0 aliphatic carbocycles. The maximum absolute atomic E-state index is 13.4. The number of nitrogens with zero attached hydrogens (tertiary/aromatic N) is 1. The molecule has 0 amide bonds. The van der Waals surface area contributed by atoms with Crippen molar-refractivity contribution in [3.63, 3.8) is 0 Å². The first-order valence-corrected chi connectivity index (χ1v) is 8.67. The molecular weight excluding hydrogens is 266 g/mol. The van der Waals surface area contributed by atoms with Gasteiger partial charge in [-0.25, -0.2) is 8.57 Å². The van der Waals surface area contributed by atoms with Crippen LogP contribution >= 0.6 is 0 Å². The molecule has 1 heterocycles. The molecule has 3 heteroatoms. The average Bonchev–Trinajstić information content (AvgIpc) is 2.52. The van der Waals surface area contributed by atoms with E-state index in [-0.39, 0.29) is 5.25 Å². The van der Waals surface area contributed by atoms with Gasteiger partial charge in [0.25, 0.3) is 0 Å². The standard InChI is InChI=1S/C17H19NOS/c19-20(16-10-5-2-6-11-16)17(12-7-13-18-20)14-15-8-3-1-4-9-15/h1-6,8-11,17H,7,12-14H2/t17-,20?/m0/s1. The highest BCUT2D eigenvalue weighted by molar-refractivity contribution is 7.94. The molecule has 20 heavy (non-hydrogen) atoms. The third kappa shape index (κ3) is 2.63. The molecule has 0 radical (unpaired) electrons. The Labute approximate surface area is 121 Å². The van der Waals surface area contributed by atoms with Crippen molar-refractivity contribution in [2.24, 2.45) is 4.36 Å². The van der Waals surface area contributed by atoms with Gasteiger partial charge >= 0.3 is 0 Å². The Hall–Kier alpha value is -1.61. The Morgan fingerprint density at radius 1 is 1.00 bits per heavy atom. The first kappa shape index (κ1) is 13.4. The molecule has 2 nitrogen and oxygen atoms in total. The van der Waals surface area contributed by atoms with E-state index in [1.807, 2.05) is 48.5 Å². The van der Waals surface area contributed by atoms with Crippen LogP contribution in [-0.4, -0.2) is 16.0 Å². The zero-order valence-electron chi connectivity index (χ0n) is 11.4. The zero-order valence-corrected chi connectivity index (χ0v) is 12.3. The lowest BCUT2D eigenvalue weighted by Crippen LogP contribution is -2.27. The first-order chi connectivity index (χ1) is 9.79. The smallest absolute Gasteiger partial charge is 0.0784 e. The van der Waals surface area contributed by atoms with E-state index < -0.39 is 9.73 Å². The van der Waals surface area contributed by atoms with Crippen molar-refractivity contribution in [1.29, 1.82) is 0 Å². The van der Waals surface area contributed by atoms with E-state index in [1.165, 1.54) is 5.56 Å². The molecule has 1 unspecified atom stereocenters. The largest absolute Gasteiger partial charge is 0.244 e. The quantitative estimate of drug-likeness (QED) is 0.840. The van der Waals surface area contributed by atoms with E-state index in [9.17, 15) is 4.21 Å². The third-order valence-electron chi connectivity index (χ3n) is 3.81. The van der Waals surface area contributed by atoms with Gasteiger partial charge in [0.15, 0.2) is 0 Å². The first-order valence-electron chi connectivity index (χ1n) is 7.10. The van der Waals surface area contributed by atoms with Crippen molar-refractivity contribution in [1.82, 2.24) is 0 Å². The van der Waals surface area contributed by atoms with Crippen LogP contribution in [0.1, 0.15) is 18.4 Å². The topological polar surface area (TPSA) is 29.4 Å². The summed E-state index contributed by atoms with van der Waals surface area (Å²) >= 11 is 0. The summed E-state index contributed by atoms with van der Waals surface area (Å²) in [7, 11) is -2.28. The minimum atomic E-state index is -2.28. The van der Waals surface area contributed by atoms with Crippen molar-refractivity contribution >= 4 is 9.73 Å². The molecule has 0 bridgehead atoms. The molecule has 0 saturated carbocycles. The molecule has 104 valence electrons. The van der Waals surface area contributed by atoms with E-state index in [4.69, 9.17) is 0 Å². The molecule has 0 saturated heterocycles. The number of benzene rings is 2. The minimum Gasteiger partial charge on any atom is -0.244 e. The van der Waals surface area contributed by atoms with E-state index in [0.29, 0.717) is 0 Å². The van der Waals surface area contributed by atoms with E-state index in [1.54, 1.807) is 0 Å². The predicted molar refractivity (Wildman–Crippen MR) is 83.3 cm³/mol. The van der Waals surface area contributed by atoms with Gasteiger partial charge in [0, 0.05) is 11.4 Å². The Balaban J connectivity index is 1.96. The number of hydrogen-bond acceptors (Lipinski definition) is 2. The fraction of sp³-hybridized carbons (Fsp3) is 0.294. The summed E-state index contributed by atoms with van der Waals surface area (Å²) in [4.78, 5) is 0.889. The van der Waals surface area contributed by atoms with Gasteiger partial charge in [0.05, 0.1) is 15.0 Å². The van der Waals surface area contributed by atoms with Crippen LogP contribution in [0, 0.1) is 0 Å². The third-order valence-corrected chi connectivity index (χ3v) is 6.63. The lowest BCUT2D eigenvalue weighted by Gasteiger charge is -2.25. The van der Waals surface area contributed by atoms with E-state index in [0.717, 1.165) is 30.7 Å². The monoisotopic (exact) mass is 285 g/mol. The molecule has 0 spiro atoms. The highest BCUT2D eigenvalue weighted by atomic mass is 32.2. The highest BCUT2D eigenvalue weighted by Crippen LogP contribution is 2.28. The highest BCUT2D eigenvalue weighted by Gasteiger charge is 2.27. The Bertz CT molecular complexity index is 673. The second-order valence-corrected chi connectivity index (χ2v) is 7.72. The van der Waals surface area contributed by atoms with Gasteiger partial charge in [-0.3, -0.25) is 0 Å². The summed E-state index contributed by atoms with van der Waals surface area (Å²) < 4.78 is 17.9. The average molecular weight is 285 g/mol. The predicted octanol–water partition coefficient (Wildman–Crippen LogP) is 3.92. The van der Waals surface area contributed by atoms with Crippen molar-refractivity contribution in [3.8, 4) is 0 Å². The van der Waals surface area contributed by atoms with Crippen LogP contribution in [0.5, 0.6) is 0 Å². The summed E-state index contributed by atoms with van der Waals surface area (Å²) in [6.07, 6.45) is 2.88. The molecule has 0 fully saturated rings. The molecule has 1 aliphatic rings. The van der Waals surface area contributed by atoms with Gasteiger partial charge in [-0.2, -0.15) is 0 Å². The fourth-order valence-electron chi connectivity index (χ4n) is 2.76. The lowest BCUT2D eigenvalue weighted by molar-refractivity contribution is 0.612. The van der Waals surface area contributed by atoms with Gasteiger partial charge in [-0.1, -0.05) is 48.5 Å². The van der Waals surface area contributed by atoms with Crippen molar-refractivity contribution < 1.29 is 4.21 Å². The second kappa shape index (κ2) is 5.80. The van der Waals surface area contributed by atoms with Gasteiger partial charge in [-0.15, -0.1) is 0 Å². The second-order valence-electron chi connectivity index (χ2n) is 5.19. The van der Waals surface area contributed by atoms with Crippen LogP contribution in [0.15, 0.2) is 69.9 Å². The molecule has 2 atom stereocenters. The SMILES string of the molecule is O=S1(c2ccccc2)=NCCC[C@H]1Cc1ccccc1. The van der Waals surface area contributed by atoms with E-state index >= 15 is 0 Å². The van der Waals surface area contributed by atoms with Crippen molar-refractivity contribution in [2.45, 2.75) is 29.4 Å². The Kier molecular flexibility index (Phi) is 3.88. The molecular formula is C17H19NOS. The normalized spacial score (nSPS) is 25.9. The van der Waals surface area contributed by atoms with Crippen molar-refractivity contribution in [2.75, 3.05) is 6.54 Å². The van der Waals surface area contributed by atoms with Crippen molar-refractivity contribution in [3.05, 3.63) is 66.2 Å². The van der Waals surface area contributed by atoms with Crippen LogP contribution in [0.25, 0.3) is 0 Å². The molecule has 2 aromatic rings. The molecule has 0 N–H and O–H groups in total. The number of hydrogen-bond donors (Lipinski definition) is 0. The van der Waals surface area contributed by atoms with Gasteiger partial charge in [-0.05, 0) is 37.0 Å². The summed E-state index contributed by atoms with van der Waals surface area (Å²) in [5.41, 5.74) is 1.25. The summed E-state index contributed by atoms with van der Waals surface area (Å²) in [5.74, 6) is 0. The Morgan fingerprint density at radius 3 is 2.35 bits per heavy atom. The molecule has 3 rings (SSSR count). The summed E-state index contributed by atoms with van der Waals surface area (Å²) in [6, 6.07) is 20.1. The van der Waals surface area contributed by atoms with Gasteiger partial charge in [0.1, 0.15) is 0 Å². The number of rotatable bonds is 3. The van der Waals surface area contributed by atoms with Gasteiger partial charge in [0.2, 0.25) is 0 Å². The van der Waals surface area contributed by atoms with Crippen LogP contribution in [-0.2, 0) is 16.1 Å². The van der Waals surface area contributed by atoms with Gasteiger partial charge < -0.3 is 0 Å². The minimum absolute atomic E-state index is 0.126. The molecule has 1 aliphatic heterocycles.